The van der Waals surface area contributed by atoms with Gasteiger partial charge in [-0.2, -0.15) is 0 Å². The molecule has 0 spiro atoms. The van der Waals surface area contributed by atoms with E-state index in [0.29, 0.717) is 29.2 Å². The average Bonchev–Trinajstić information content (AvgIpc) is 3.77. The average molecular weight is 1000 g/mol. The minimum atomic E-state index is 0. The molecule has 2 N–H and O–H groups in total. The van der Waals surface area contributed by atoms with Crippen LogP contribution in [0, 0.1) is 48.9 Å². The van der Waals surface area contributed by atoms with Crippen molar-refractivity contribution in [2.75, 3.05) is 0 Å². The molecule has 340 valence electrons. The van der Waals surface area contributed by atoms with E-state index in [0.717, 1.165) is 36.0 Å². The summed E-state index contributed by atoms with van der Waals surface area (Å²) in [4.78, 5) is 8.45. The number of nitrogens with zero attached hydrogens (tertiary/aromatic N) is 2. The zero-order valence-electron chi connectivity index (χ0n) is 40.1. The Balaban J connectivity index is 0.000000251. The number of rotatable bonds is 4. The quantitative estimate of drug-likeness (QED) is 0.0957. The number of phenols is 1. The molecular formula is C57H78BIKN2O2-. The Morgan fingerprint density at radius 3 is 1.88 bits per heavy atom. The number of benzene rings is 2. The third kappa shape index (κ3) is 12.1. The third-order valence-corrected chi connectivity index (χ3v) is 17.4. The van der Waals surface area contributed by atoms with Gasteiger partial charge in [0, 0.05) is 30.2 Å². The van der Waals surface area contributed by atoms with Crippen molar-refractivity contribution >= 4 is 40.3 Å². The van der Waals surface area contributed by atoms with Crippen molar-refractivity contribution in [1.82, 2.24) is 9.97 Å². The molecule has 64 heavy (non-hydrogen) atoms. The number of allylic oxidation sites excluding steroid dienone is 5. The van der Waals surface area contributed by atoms with Crippen molar-refractivity contribution in [3.05, 3.63) is 154 Å². The van der Waals surface area contributed by atoms with Gasteiger partial charge in [-0.05, 0) is 210 Å². The first kappa shape index (κ1) is 56.5. The molecule has 8 atom stereocenters. The van der Waals surface area contributed by atoms with Gasteiger partial charge in [0.15, 0.2) is 6.71 Å². The maximum Gasteiger partial charge on any atom is 1.00 e. The Bertz CT molecular complexity index is 2170. The monoisotopic (exact) mass is 999 g/mol. The molecule has 6 aliphatic rings. The number of aryl methyl sites for hydroxylation is 3. The van der Waals surface area contributed by atoms with Gasteiger partial charge < -0.3 is 18.0 Å². The van der Waals surface area contributed by atoms with Crippen molar-refractivity contribution < 1.29 is 62.0 Å². The Morgan fingerprint density at radius 1 is 0.781 bits per heavy atom. The molecule has 0 aliphatic heterocycles. The van der Waals surface area contributed by atoms with Crippen LogP contribution in [0.2, 0.25) is 12.6 Å². The van der Waals surface area contributed by atoms with Gasteiger partial charge in [-0.1, -0.05) is 113 Å². The zero-order valence-corrected chi connectivity index (χ0v) is 45.4. The Morgan fingerprint density at radius 2 is 1.31 bits per heavy atom. The minimum absolute atomic E-state index is 0. The number of halogens is 1. The van der Waals surface area contributed by atoms with E-state index in [1.807, 2.05) is 56.8 Å². The number of phenolic OH excluding ortho intramolecular Hbond substituents is 1. The fourth-order valence-corrected chi connectivity index (χ4v) is 13.6. The van der Waals surface area contributed by atoms with Gasteiger partial charge in [-0.25, -0.2) is 0 Å². The second kappa shape index (κ2) is 25.0. The normalized spacial score (nSPS) is 27.1. The first-order chi connectivity index (χ1) is 28.9. The summed E-state index contributed by atoms with van der Waals surface area (Å²) in [6.07, 6.45) is 28.1. The predicted molar refractivity (Wildman–Crippen MR) is 280 cm³/mol. The van der Waals surface area contributed by atoms with Crippen LogP contribution in [0.4, 0.5) is 0 Å². The molecule has 2 heterocycles. The number of pyridine rings is 2. The van der Waals surface area contributed by atoms with Crippen molar-refractivity contribution in [2.24, 2.45) is 34.5 Å². The van der Waals surface area contributed by atoms with Crippen molar-refractivity contribution in [2.45, 2.75) is 145 Å². The maximum absolute atomic E-state index is 9.82. The topological polar surface area (TPSA) is 76.0 Å². The van der Waals surface area contributed by atoms with Crippen LogP contribution in [-0.4, -0.2) is 27.3 Å². The first-order valence-electron chi connectivity index (χ1n) is 23.3. The van der Waals surface area contributed by atoms with E-state index in [1.165, 1.54) is 109 Å². The van der Waals surface area contributed by atoms with Gasteiger partial charge in [-0.15, -0.1) is 6.58 Å². The molecule has 6 unspecified atom stereocenters. The van der Waals surface area contributed by atoms with Crippen LogP contribution < -0.4 is 56.8 Å². The fraction of sp³-hybridized carbons (Fsp3) is 0.491. The number of fused-ring (bicyclic) bond motifs is 10. The fourth-order valence-electron chi connectivity index (χ4n) is 12.7. The van der Waals surface area contributed by atoms with E-state index >= 15 is 0 Å². The van der Waals surface area contributed by atoms with Crippen molar-refractivity contribution in [3.63, 3.8) is 0 Å². The molecule has 2 saturated carbocycles. The summed E-state index contributed by atoms with van der Waals surface area (Å²) in [6, 6.07) is 21.7. The molecule has 0 bridgehead atoms. The predicted octanol–water partition coefficient (Wildman–Crippen LogP) is 12.4. The number of aromatic hydroxyl groups is 1. The number of hydrogen-bond acceptors (Lipinski definition) is 4. The van der Waals surface area contributed by atoms with Gasteiger partial charge >= 0.3 is 51.4 Å². The summed E-state index contributed by atoms with van der Waals surface area (Å²) in [6.45, 7) is 19.9. The minimum Gasteiger partial charge on any atom is -0.870 e. The van der Waals surface area contributed by atoms with Crippen LogP contribution in [0.25, 0.3) is 5.57 Å². The molecule has 2 aromatic heterocycles. The van der Waals surface area contributed by atoms with E-state index in [9.17, 15) is 5.11 Å². The maximum atomic E-state index is 9.82. The number of aromatic nitrogens is 2. The second-order valence-electron chi connectivity index (χ2n) is 19.7. The molecule has 4 aromatic rings. The summed E-state index contributed by atoms with van der Waals surface area (Å²) in [5.74, 6) is 5.26. The summed E-state index contributed by atoms with van der Waals surface area (Å²) < 4.78 is 1.65. The van der Waals surface area contributed by atoms with Crippen molar-refractivity contribution in [1.29, 1.82) is 0 Å². The van der Waals surface area contributed by atoms with Crippen molar-refractivity contribution in [3.8, 4) is 5.75 Å². The van der Waals surface area contributed by atoms with E-state index < -0.39 is 0 Å². The largest absolute Gasteiger partial charge is 1.00 e. The summed E-state index contributed by atoms with van der Waals surface area (Å²) in [7, 11) is 0. The molecule has 0 radical (unpaired) electrons. The van der Waals surface area contributed by atoms with Gasteiger partial charge in [0.1, 0.15) is 5.75 Å². The van der Waals surface area contributed by atoms with Crippen LogP contribution in [0.1, 0.15) is 146 Å². The molecule has 10 rings (SSSR count). The van der Waals surface area contributed by atoms with Crippen LogP contribution in [-0.2, 0) is 12.8 Å². The Hall–Kier alpha value is -1.85. The summed E-state index contributed by atoms with van der Waals surface area (Å²) in [5, 5.41) is 9.82. The molecule has 6 aliphatic carbocycles. The second-order valence-corrected chi connectivity index (χ2v) is 20.9. The van der Waals surface area contributed by atoms with E-state index in [-0.39, 0.29) is 71.7 Å². The first-order valence-corrected chi connectivity index (χ1v) is 24.4. The molecular weight excluding hydrogens is 921 g/mol. The number of hydrogen-bond donors (Lipinski definition) is 1. The molecule has 2 fully saturated rings. The van der Waals surface area contributed by atoms with Gasteiger partial charge in [-0.3, -0.25) is 9.97 Å². The van der Waals surface area contributed by atoms with Gasteiger partial charge in [0.2, 0.25) is 0 Å². The van der Waals surface area contributed by atoms with E-state index in [1.54, 1.807) is 14.7 Å². The van der Waals surface area contributed by atoms with Crippen LogP contribution in [0.3, 0.4) is 0 Å². The summed E-state index contributed by atoms with van der Waals surface area (Å²) in [5.41, 5.74) is 13.8. The summed E-state index contributed by atoms with van der Waals surface area (Å²) >= 11 is 2.61. The Labute approximate surface area is 446 Å². The van der Waals surface area contributed by atoms with Crippen LogP contribution >= 0.6 is 22.6 Å². The smallest absolute Gasteiger partial charge is 0.870 e. The zero-order chi connectivity index (χ0) is 42.6. The van der Waals surface area contributed by atoms with Gasteiger partial charge in [0.05, 0.1) is 0 Å². The molecule has 7 heteroatoms. The van der Waals surface area contributed by atoms with E-state index in [4.69, 9.17) is 0 Å². The molecule has 0 saturated heterocycles. The Kier molecular flexibility index (Phi) is 22.0. The van der Waals surface area contributed by atoms with Crippen LogP contribution in [0.5, 0.6) is 5.75 Å². The molecule has 4 nitrogen and oxygen atoms in total. The third-order valence-electron chi connectivity index (χ3n) is 15.8. The molecule has 2 aromatic carbocycles. The van der Waals surface area contributed by atoms with Crippen LogP contribution in [0.15, 0.2) is 113 Å². The SMILES string of the molecule is C.C=C(C)C.CCB(CC)c1cccnc1.C[C@]12CCC3c4ccc(O)cc4CCC3C1CC=C2c1cccnc1.Cc1ccc2c(c1)CCC1C2CC[C@]2(C)C(I)=CCC12.[CH3-].[K+].[OH-]. The van der Waals surface area contributed by atoms with Gasteiger partial charge in [0.25, 0.3) is 0 Å². The van der Waals surface area contributed by atoms with E-state index in [2.05, 4.69) is 128 Å². The standard InChI is InChI=1S/C23H25NO.C19H23I.C9H14BN.C4H8.CH4.CH3.K.H2O/c1-23-11-10-19-18-7-5-17(25)13-15(18)4-6-20(19)22(23)9-8-21(23)16-3-2-12-24-14-16;1-12-3-5-14-13(11-12)4-6-16-15(14)9-10-19(2)17(16)7-8-18(19)20;1-3-10(4-2)9-6-5-7-11-8-9;1-4(2)3;;;;/h2-3,5,7-8,12-14,19-20,22,25H,4,6,9-11H2,1H3;3,5,8,11,15-17H,4,6-7,9-10H2,1-2H3;5-8H,3-4H2,1-2H3;1H2,2-3H3;1H4;1H3;;1H2/q;;;;;-1;+1;/p-1/t19?,20?,22?,23-;15?,16?,17?,19-;;;;;;/m10....../s1. The molecule has 0 amide bonds.